The number of amides is 1. The summed E-state index contributed by atoms with van der Waals surface area (Å²) in [6.07, 6.45) is 4.97. The zero-order chi connectivity index (χ0) is 16.4. The van der Waals surface area contributed by atoms with Crippen molar-refractivity contribution in [2.45, 2.75) is 18.8 Å². The molecule has 0 radical (unpaired) electrons. The van der Waals surface area contributed by atoms with Crippen LogP contribution in [0.25, 0.3) is 11.4 Å². The molecule has 0 saturated carbocycles. The Bertz CT molecular complexity index is 811. The summed E-state index contributed by atoms with van der Waals surface area (Å²) in [4.78, 5) is 19.0. The second-order valence-corrected chi connectivity index (χ2v) is 6.01. The number of piperidine rings is 1. The second kappa shape index (κ2) is 6.31. The van der Waals surface area contributed by atoms with Gasteiger partial charge in [0.05, 0.1) is 11.8 Å². The molecular weight excluding hydrogens is 304 g/mol. The molecule has 6 nitrogen and oxygen atoms in total. The van der Waals surface area contributed by atoms with Gasteiger partial charge in [0.1, 0.15) is 12.1 Å². The highest BCUT2D eigenvalue weighted by Crippen LogP contribution is 2.27. The van der Waals surface area contributed by atoms with E-state index >= 15 is 0 Å². The average Bonchev–Trinajstić information content (AvgIpc) is 3.34. The quantitative estimate of drug-likeness (QED) is 0.804. The van der Waals surface area contributed by atoms with Gasteiger partial charge in [-0.1, -0.05) is 30.3 Å². The van der Waals surface area contributed by atoms with E-state index in [1.165, 1.54) is 12.5 Å². The molecule has 3 aromatic rings. The second-order valence-electron chi connectivity index (χ2n) is 6.01. The first kappa shape index (κ1) is 14.7. The molecule has 24 heavy (non-hydrogen) atoms. The summed E-state index contributed by atoms with van der Waals surface area (Å²) in [6.45, 7) is 1.41. The third kappa shape index (κ3) is 2.82. The summed E-state index contributed by atoms with van der Waals surface area (Å²) in [5, 5.41) is 7.38. The number of aromatic nitrogens is 3. The van der Waals surface area contributed by atoms with Gasteiger partial charge >= 0.3 is 0 Å². The molecule has 1 aromatic carbocycles. The summed E-state index contributed by atoms with van der Waals surface area (Å²) in [7, 11) is 0. The maximum Gasteiger partial charge on any atom is 0.257 e. The zero-order valence-corrected chi connectivity index (χ0v) is 13.2. The third-order valence-corrected chi connectivity index (χ3v) is 4.40. The first-order valence-corrected chi connectivity index (χ1v) is 8.10. The van der Waals surface area contributed by atoms with Gasteiger partial charge in [-0.25, -0.2) is 4.98 Å². The summed E-state index contributed by atoms with van der Waals surface area (Å²) in [6, 6.07) is 11.6. The highest BCUT2D eigenvalue weighted by atomic mass is 16.3. The molecule has 3 heterocycles. The molecule has 0 bridgehead atoms. The third-order valence-electron chi connectivity index (χ3n) is 4.40. The lowest BCUT2D eigenvalue weighted by molar-refractivity contribution is 0.0704. The number of nitrogens with one attached hydrogen (secondary N) is 1. The van der Waals surface area contributed by atoms with Gasteiger partial charge in [0.15, 0.2) is 5.82 Å². The fourth-order valence-electron chi connectivity index (χ4n) is 3.13. The molecule has 0 aliphatic carbocycles. The van der Waals surface area contributed by atoms with E-state index in [4.69, 9.17) is 4.42 Å². The van der Waals surface area contributed by atoms with Crippen LogP contribution in [0.4, 0.5) is 0 Å². The summed E-state index contributed by atoms with van der Waals surface area (Å²) >= 11 is 0. The number of hydrogen-bond acceptors (Lipinski definition) is 4. The minimum absolute atomic E-state index is 0.0104. The van der Waals surface area contributed by atoms with E-state index in [9.17, 15) is 4.79 Å². The van der Waals surface area contributed by atoms with Gasteiger partial charge in [-0.05, 0) is 18.9 Å². The van der Waals surface area contributed by atoms with Crippen LogP contribution in [0.3, 0.4) is 0 Å². The Morgan fingerprint density at radius 1 is 1.25 bits per heavy atom. The van der Waals surface area contributed by atoms with Crippen molar-refractivity contribution in [3.05, 3.63) is 60.3 Å². The van der Waals surface area contributed by atoms with Gasteiger partial charge in [0.2, 0.25) is 0 Å². The number of likely N-dealkylation sites (tertiary alicyclic amines) is 1. The molecular formula is C18H18N4O2. The van der Waals surface area contributed by atoms with Crippen LogP contribution in [-0.2, 0) is 0 Å². The van der Waals surface area contributed by atoms with Crippen LogP contribution in [0.15, 0.2) is 53.3 Å². The minimum atomic E-state index is 0.0104. The first-order chi connectivity index (χ1) is 11.8. The Morgan fingerprint density at radius 2 is 2.12 bits per heavy atom. The molecule has 1 aliphatic rings. The van der Waals surface area contributed by atoms with Crippen LogP contribution in [-0.4, -0.2) is 39.1 Å². The van der Waals surface area contributed by atoms with Crippen LogP contribution < -0.4 is 0 Å². The fraction of sp³-hybridized carbons (Fsp3) is 0.278. The number of hydrogen-bond donors (Lipinski definition) is 1. The van der Waals surface area contributed by atoms with Gasteiger partial charge < -0.3 is 9.32 Å². The number of rotatable bonds is 3. The van der Waals surface area contributed by atoms with Crippen LogP contribution in [0.2, 0.25) is 0 Å². The lowest BCUT2D eigenvalue weighted by Gasteiger charge is -2.31. The van der Waals surface area contributed by atoms with Crippen molar-refractivity contribution in [1.82, 2.24) is 20.1 Å². The normalized spacial score (nSPS) is 17.8. The van der Waals surface area contributed by atoms with Crippen LogP contribution in [0.5, 0.6) is 0 Å². The number of H-pyrrole nitrogens is 1. The van der Waals surface area contributed by atoms with Crippen molar-refractivity contribution < 1.29 is 9.21 Å². The number of carbonyl (C=O) groups excluding carboxylic acids is 1. The van der Waals surface area contributed by atoms with Crippen LogP contribution in [0.1, 0.15) is 34.9 Å². The SMILES string of the molecule is O=C(c1ccoc1)N1CCC[C@@H](c2nc(-c3ccccc3)n[nH]2)C1. The van der Waals surface area contributed by atoms with Crippen LogP contribution in [0, 0.1) is 0 Å². The Morgan fingerprint density at radius 3 is 2.92 bits per heavy atom. The number of nitrogens with zero attached hydrogens (tertiary/aromatic N) is 3. The van der Waals surface area contributed by atoms with Crippen molar-refractivity contribution in [3.8, 4) is 11.4 Å². The van der Waals surface area contributed by atoms with Crippen molar-refractivity contribution in [1.29, 1.82) is 0 Å². The maximum absolute atomic E-state index is 12.5. The topological polar surface area (TPSA) is 75.0 Å². The highest BCUT2D eigenvalue weighted by Gasteiger charge is 2.28. The first-order valence-electron chi connectivity index (χ1n) is 8.10. The molecule has 1 atom stereocenters. The Hall–Kier alpha value is -2.89. The lowest BCUT2D eigenvalue weighted by atomic mass is 9.97. The van der Waals surface area contributed by atoms with E-state index in [0.717, 1.165) is 30.8 Å². The van der Waals surface area contributed by atoms with Crippen molar-refractivity contribution in [3.63, 3.8) is 0 Å². The molecule has 1 N–H and O–H groups in total. The lowest BCUT2D eigenvalue weighted by Crippen LogP contribution is -2.39. The highest BCUT2D eigenvalue weighted by molar-refractivity contribution is 5.93. The van der Waals surface area contributed by atoms with Crippen molar-refractivity contribution >= 4 is 5.91 Å². The summed E-state index contributed by atoms with van der Waals surface area (Å²) in [5.41, 5.74) is 1.58. The Labute approximate surface area is 139 Å². The van der Waals surface area contributed by atoms with E-state index in [-0.39, 0.29) is 11.8 Å². The fourth-order valence-corrected chi connectivity index (χ4v) is 3.13. The molecule has 2 aromatic heterocycles. The van der Waals surface area contributed by atoms with Crippen molar-refractivity contribution in [2.75, 3.05) is 13.1 Å². The molecule has 4 rings (SSSR count). The number of furan rings is 1. The molecule has 1 saturated heterocycles. The van der Waals surface area contributed by atoms with E-state index in [1.54, 1.807) is 6.07 Å². The molecule has 1 fully saturated rings. The molecule has 1 amide bonds. The maximum atomic E-state index is 12.5. The standard InChI is InChI=1S/C18H18N4O2/c23-18(15-8-10-24-12-15)22-9-4-7-14(11-22)17-19-16(20-21-17)13-5-2-1-3-6-13/h1-3,5-6,8,10,12,14H,4,7,9,11H2,(H,19,20,21)/t14-/m1/s1. The zero-order valence-electron chi connectivity index (χ0n) is 13.2. The minimum Gasteiger partial charge on any atom is -0.472 e. The largest absolute Gasteiger partial charge is 0.472 e. The molecule has 0 unspecified atom stereocenters. The smallest absolute Gasteiger partial charge is 0.257 e. The van der Waals surface area contributed by atoms with Gasteiger partial charge in [-0.3, -0.25) is 9.89 Å². The van der Waals surface area contributed by atoms with Crippen LogP contribution >= 0.6 is 0 Å². The van der Waals surface area contributed by atoms with E-state index in [0.29, 0.717) is 17.9 Å². The van der Waals surface area contributed by atoms with E-state index < -0.39 is 0 Å². The Kier molecular flexibility index (Phi) is 3.86. The van der Waals surface area contributed by atoms with Crippen molar-refractivity contribution in [2.24, 2.45) is 0 Å². The monoisotopic (exact) mass is 322 g/mol. The number of aromatic amines is 1. The van der Waals surface area contributed by atoms with Gasteiger partial charge in [-0.2, -0.15) is 5.10 Å². The van der Waals surface area contributed by atoms with E-state index in [1.807, 2.05) is 35.2 Å². The number of carbonyl (C=O) groups is 1. The molecule has 0 spiro atoms. The van der Waals surface area contributed by atoms with E-state index in [2.05, 4.69) is 15.2 Å². The average molecular weight is 322 g/mol. The molecule has 1 aliphatic heterocycles. The van der Waals surface area contributed by atoms with Gasteiger partial charge in [-0.15, -0.1) is 0 Å². The Balaban J connectivity index is 1.50. The van der Waals surface area contributed by atoms with Gasteiger partial charge in [0, 0.05) is 24.6 Å². The van der Waals surface area contributed by atoms with Gasteiger partial charge in [0.25, 0.3) is 5.91 Å². The summed E-state index contributed by atoms with van der Waals surface area (Å²) < 4.78 is 5.01. The molecule has 6 heteroatoms. The summed E-state index contributed by atoms with van der Waals surface area (Å²) in [5.74, 6) is 1.73. The molecule has 122 valence electrons. The predicted molar refractivity (Wildman–Crippen MR) is 88.4 cm³/mol. The number of benzene rings is 1. The predicted octanol–water partition coefficient (Wildman–Crippen LogP) is 3.08.